The lowest BCUT2D eigenvalue weighted by Gasteiger charge is -2.43. The molecule has 0 saturated carbocycles. The van der Waals surface area contributed by atoms with Gasteiger partial charge in [0.1, 0.15) is 13.3 Å². The van der Waals surface area contributed by atoms with Gasteiger partial charge in [0.2, 0.25) is 10.0 Å². The van der Waals surface area contributed by atoms with Crippen LogP contribution in [0.15, 0.2) is 23.1 Å². The van der Waals surface area contributed by atoms with E-state index in [1.807, 2.05) is 0 Å². The van der Waals surface area contributed by atoms with Crippen molar-refractivity contribution in [1.82, 2.24) is 5.32 Å². The van der Waals surface area contributed by atoms with Gasteiger partial charge in [0.15, 0.2) is 4.90 Å². The van der Waals surface area contributed by atoms with Gasteiger partial charge in [0, 0.05) is 24.8 Å². The number of rotatable bonds is 7. The van der Waals surface area contributed by atoms with E-state index in [2.05, 4.69) is 5.32 Å². The minimum Gasteiger partial charge on any atom is -0.358 e. The molecule has 1 aromatic carbocycles. The second kappa shape index (κ2) is 6.72. The number of alkyl halides is 2. The van der Waals surface area contributed by atoms with Crippen LogP contribution >= 0.6 is 0 Å². The summed E-state index contributed by atoms with van der Waals surface area (Å²) in [4.78, 5) is 11.0. The first kappa shape index (κ1) is 17.5. The van der Waals surface area contributed by atoms with Gasteiger partial charge in [-0.15, -0.1) is 0 Å². The van der Waals surface area contributed by atoms with Gasteiger partial charge in [-0.3, -0.25) is 10.1 Å². The molecule has 1 aliphatic heterocycles. The second-order valence-corrected chi connectivity index (χ2v) is 6.67. The number of hydrogen-bond acceptors (Lipinski definition) is 6. The molecule has 23 heavy (non-hydrogen) atoms. The monoisotopic (exact) mass is 350 g/mol. The highest BCUT2D eigenvalue weighted by molar-refractivity contribution is 7.89. The van der Waals surface area contributed by atoms with Crippen molar-refractivity contribution in [2.24, 2.45) is 5.14 Å². The maximum absolute atomic E-state index is 13.1. The van der Waals surface area contributed by atoms with Crippen LogP contribution in [0.2, 0.25) is 0 Å². The molecule has 1 aliphatic rings. The van der Waals surface area contributed by atoms with Gasteiger partial charge >= 0.3 is 0 Å². The fourth-order valence-corrected chi connectivity index (χ4v) is 3.11. The summed E-state index contributed by atoms with van der Waals surface area (Å²) in [6.45, 7) is -1.00. The minimum atomic E-state index is -4.28. The smallest absolute Gasteiger partial charge is 0.291 e. The van der Waals surface area contributed by atoms with Crippen molar-refractivity contribution < 1.29 is 22.1 Å². The number of nitro groups is 1. The third-order valence-electron chi connectivity index (χ3n) is 3.65. The molecule has 0 spiro atoms. The molecule has 1 heterocycles. The normalized spacial score (nSPS) is 15.5. The van der Waals surface area contributed by atoms with Crippen LogP contribution in [0.5, 0.6) is 0 Å². The molecule has 0 bridgehead atoms. The average Bonchev–Trinajstić information content (AvgIpc) is 2.43. The van der Waals surface area contributed by atoms with E-state index in [-0.39, 0.29) is 11.7 Å². The molecular weight excluding hydrogens is 334 g/mol. The zero-order chi connectivity index (χ0) is 17.2. The fourth-order valence-electron chi connectivity index (χ4n) is 2.43. The predicted octanol–water partition coefficient (Wildman–Crippen LogP) is 0.328. The van der Waals surface area contributed by atoms with Crippen LogP contribution in [-0.2, 0) is 10.0 Å². The lowest BCUT2D eigenvalue weighted by atomic mass is 10.1. The van der Waals surface area contributed by atoms with E-state index in [1.165, 1.54) is 11.0 Å². The summed E-state index contributed by atoms with van der Waals surface area (Å²) in [6.07, 6.45) is 0. The first-order valence-corrected chi connectivity index (χ1v) is 8.26. The molecule has 0 unspecified atom stereocenters. The van der Waals surface area contributed by atoms with Crippen LogP contribution in [-0.4, -0.2) is 51.9 Å². The first-order chi connectivity index (χ1) is 10.8. The quantitative estimate of drug-likeness (QED) is 0.540. The van der Waals surface area contributed by atoms with Crippen molar-refractivity contribution in [2.45, 2.75) is 17.0 Å². The Balaban J connectivity index is 2.52. The summed E-state index contributed by atoms with van der Waals surface area (Å²) in [5.74, 6) is 0. The van der Waals surface area contributed by atoms with Crippen LogP contribution in [0.25, 0.3) is 0 Å². The van der Waals surface area contributed by atoms with Crippen molar-refractivity contribution in [3.63, 3.8) is 0 Å². The molecule has 0 aromatic heterocycles. The van der Waals surface area contributed by atoms with Crippen molar-refractivity contribution in [2.75, 3.05) is 31.3 Å². The van der Waals surface area contributed by atoms with Crippen molar-refractivity contribution in [3.05, 3.63) is 28.3 Å². The fraction of sp³-hybridized carbons (Fsp3) is 0.500. The van der Waals surface area contributed by atoms with E-state index in [4.69, 9.17) is 5.14 Å². The Morgan fingerprint density at radius 3 is 2.39 bits per heavy atom. The van der Waals surface area contributed by atoms with Crippen LogP contribution in [0, 0.1) is 10.1 Å². The molecule has 8 nitrogen and oxygen atoms in total. The molecule has 0 atom stereocenters. The van der Waals surface area contributed by atoms with Crippen LogP contribution < -0.4 is 15.4 Å². The molecule has 0 radical (unpaired) electrons. The van der Waals surface area contributed by atoms with Gasteiger partial charge < -0.3 is 10.2 Å². The number of nitrogens with zero attached hydrogens (tertiary/aromatic N) is 2. The number of halogens is 2. The number of hydrogen-bond donors (Lipinski definition) is 2. The topological polar surface area (TPSA) is 119 Å². The second-order valence-electron chi connectivity index (χ2n) is 5.14. The first-order valence-electron chi connectivity index (χ1n) is 6.71. The largest absolute Gasteiger partial charge is 0.358 e. The Kier molecular flexibility index (Phi) is 5.12. The molecule has 0 aliphatic carbocycles. The number of nitro benzene ring substituents is 1. The van der Waals surface area contributed by atoms with Crippen molar-refractivity contribution in [1.29, 1.82) is 0 Å². The number of anilines is 1. The third-order valence-corrected chi connectivity index (χ3v) is 4.61. The van der Waals surface area contributed by atoms with Crippen LogP contribution in [0.4, 0.5) is 20.2 Å². The Bertz CT molecular complexity index is 692. The molecule has 11 heteroatoms. The Morgan fingerprint density at radius 2 is 2.00 bits per heavy atom. The minimum absolute atomic E-state index is 0.177. The van der Waals surface area contributed by atoms with E-state index in [0.29, 0.717) is 13.1 Å². The van der Waals surface area contributed by atoms with Gasteiger partial charge in [0.05, 0.1) is 17.0 Å². The number of benzene rings is 1. The Hall–Kier alpha value is -1.85. The highest BCUT2D eigenvalue weighted by atomic mass is 32.2. The molecule has 1 fully saturated rings. The molecule has 2 rings (SSSR count). The van der Waals surface area contributed by atoms with Gasteiger partial charge in [-0.2, -0.15) is 0 Å². The summed E-state index contributed by atoms with van der Waals surface area (Å²) in [5.41, 5.74) is -0.547. The zero-order valence-electron chi connectivity index (χ0n) is 12.0. The Labute approximate surface area is 131 Å². The molecule has 3 N–H and O–H groups in total. The van der Waals surface area contributed by atoms with Crippen molar-refractivity contribution >= 4 is 21.4 Å². The highest BCUT2D eigenvalue weighted by Gasteiger charge is 2.33. The number of sulfonamides is 1. The average molecular weight is 350 g/mol. The summed E-state index contributed by atoms with van der Waals surface area (Å²) in [5, 5.41) is 19.0. The summed E-state index contributed by atoms with van der Waals surface area (Å²) in [6, 6.07) is 1.91. The number of primary sulfonamides is 1. The number of nitrogens with two attached hydrogens (primary N) is 1. The number of nitrogens with one attached hydrogen (secondary N) is 1. The van der Waals surface area contributed by atoms with Gasteiger partial charge in [-0.05, 0) is 12.1 Å². The standard InChI is InChI=1S/C12H16F2N4O4S/c13-4-9(5-14)17(10-6-16-7-10)8-1-2-12(23(15,21)22)11(3-8)18(19)20/h1-3,9-10,16H,4-7H2,(H2,15,21,22). The van der Waals surface area contributed by atoms with Gasteiger partial charge in [0.25, 0.3) is 5.69 Å². The molecule has 0 amide bonds. The zero-order valence-corrected chi connectivity index (χ0v) is 12.8. The molecule has 1 aromatic rings. The van der Waals surface area contributed by atoms with E-state index in [9.17, 15) is 27.3 Å². The van der Waals surface area contributed by atoms with Gasteiger partial charge in [-0.1, -0.05) is 0 Å². The highest BCUT2D eigenvalue weighted by Crippen LogP contribution is 2.31. The maximum Gasteiger partial charge on any atom is 0.291 e. The lowest BCUT2D eigenvalue weighted by Crippen LogP contribution is -2.61. The molecular formula is C12H16F2N4O4S. The van der Waals surface area contributed by atoms with E-state index in [0.717, 1.165) is 12.1 Å². The molecule has 128 valence electrons. The van der Waals surface area contributed by atoms with Crippen LogP contribution in [0.1, 0.15) is 0 Å². The SMILES string of the molecule is NS(=O)(=O)c1ccc(N(C(CF)CF)C2CNC2)cc1[N+](=O)[O-]. The van der Waals surface area contributed by atoms with E-state index in [1.54, 1.807) is 0 Å². The third kappa shape index (κ3) is 3.57. The Morgan fingerprint density at radius 1 is 1.39 bits per heavy atom. The summed E-state index contributed by atoms with van der Waals surface area (Å²) < 4.78 is 49.0. The van der Waals surface area contributed by atoms with Crippen molar-refractivity contribution in [3.8, 4) is 0 Å². The maximum atomic E-state index is 13.1. The van der Waals surface area contributed by atoms with Gasteiger partial charge in [-0.25, -0.2) is 22.3 Å². The predicted molar refractivity (Wildman–Crippen MR) is 79.3 cm³/mol. The van der Waals surface area contributed by atoms with E-state index >= 15 is 0 Å². The summed E-state index contributed by atoms with van der Waals surface area (Å²) >= 11 is 0. The summed E-state index contributed by atoms with van der Waals surface area (Å²) in [7, 11) is -4.28. The molecule has 1 saturated heterocycles. The lowest BCUT2D eigenvalue weighted by molar-refractivity contribution is -0.387. The van der Waals surface area contributed by atoms with E-state index < -0.39 is 44.9 Å². The van der Waals surface area contributed by atoms with Crippen LogP contribution in [0.3, 0.4) is 0 Å².